The molecule has 0 spiro atoms. The quantitative estimate of drug-likeness (QED) is 0.480. The second kappa shape index (κ2) is 5.55. The molecule has 12 heavy (non-hydrogen) atoms. The number of aliphatic carboxylic acids is 1. The Hall–Kier alpha value is -1.09. The van der Waals surface area contributed by atoms with Gasteiger partial charge < -0.3 is 10.4 Å². The fraction of sp³-hybridized carbons (Fsp3) is 0.444. The van der Waals surface area contributed by atoms with E-state index >= 15 is 0 Å². The minimum atomic E-state index is -0.898. The van der Waals surface area contributed by atoms with Gasteiger partial charge in [-0.15, -0.1) is 0 Å². The van der Waals surface area contributed by atoms with Crippen LogP contribution in [0.25, 0.3) is 0 Å². The monoisotopic (exact) mass is 169 g/mol. The predicted molar refractivity (Wildman–Crippen MR) is 49.1 cm³/mol. The van der Waals surface area contributed by atoms with Gasteiger partial charge >= 0.3 is 5.97 Å². The highest BCUT2D eigenvalue weighted by Crippen LogP contribution is 1.90. The first-order valence-corrected chi connectivity index (χ1v) is 3.77. The summed E-state index contributed by atoms with van der Waals surface area (Å²) in [5, 5.41) is 11.4. The summed E-state index contributed by atoms with van der Waals surface area (Å²) in [5.74, 6) is -0.898. The molecule has 0 rings (SSSR count). The molecule has 2 N–H and O–H groups in total. The Kier molecular flexibility index (Phi) is 5.04. The highest BCUT2D eigenvalue weighted by atomic mass is 16.4. The molecule has 0 radical (unpaired) electrons. The van der Waals surface area contributed by atoms with Crippen LogP contribution in [0, 0.1) is 0 Å². The number of hydrogen-bond acceptors (Lipinski definition) is 2. The number of nitrogens with one attached hydrogen (secondary N) is 1. The van der Waals surface area contributed by atoms with Gasteiger partial charge in [0.05, 0.1) is 0 Å². The Balaban J connectivity index is 3.64. The molecule has 0 heterocycles. The summed E-state index contributed by atoms with van der Waals surface area (Å²) in [4.78, 5) is 10.2. The fourth-order valence-electron chi connectivity index (χ4n) is 0.735. The summed E-state index contributed by atoms with van der Waals surface area (Å²) in [5.41, 5.74) is 1.85. The van der Waals surface area contributed by atoms with E-state index in [-0.39, 0.29) is 0 Å². The van der Waals surface area contributed by atoms with Gasteiger partial charge in [-0.1, -0.05) is 17.7 Å². The molecule has 0 amide bonds. The first-order valence-electron chi connectivity index (χ1n) is 3.77. The Bertz CT molecular complexity index is 207. The largest absolute Gasteiger partial charge is 0.478 e. The van der Waals surface area contributed by atoms with Crippen LogP contribution in [0.3, 0.4) is 0 Å². The summed E-state index contributed by atoms with van der Waals surface area (Å²) >= 11 is 0. The van der Waals surface area contributed by atoms with Crippen LogP contribution in [0.4, 0.5) is 0 Å². The molecule has 0 fully saturated rings. The number of hydrogen-bond donors (Lipinski definition) is 2. The second-order valence-electron chi connectivity index (χ2n) is 2.89. The SMILES string of the molecule is C=C(C)CNCC(C)=CC(=O)O. The summed E-state index contributed by atoms with van der Waals surface area (Å²) in [6.07, 6.45) is 1.20. The van der Waals surface area contributed by atoms with Crippen LogP contribution in [0.2, 0.25) is 0 Å². The molecule has 0 aliphatic heterocycles. The molecule has 0 bridgehead atoms. The third kappa shape index (κ3) is 7.02. The van der Waals surface area contributed by atoms with Crippen LogP contribution in [-0.4, -0.2) is 24.2 Å². The fourth-order valence-corrected chi connectivity index (χ4v) is 0.735. The number of carbonyl (C=O) groups is 1. The predicted octanol–water partition coefficient (Wildman–Crippen LogP) is 1.18. The Labute approximate surface area is 72.8 Å². The van der Waals surface area contributed by atoms with Crippen LogP contribution >= 0.6 is 0 Å². The molecule has 0 atom stereocenters. The van der Waals surface area contributed by atoms with E-state index in [1.54, 1.807) is 6.92 Å². The zero-order chi connectivity index (χ0) is 9.56. The van der Waals surface area contributed by atoms with Crippen molar-refractivity contribution in [2.24, 2.45) is 0 Å². The van der Waals surface area contributed by atoms with Crippen molar-refractivity contribution in [3.8, 4) is 0 Å². The molecule has 0 aliphatic carbocycles. The van der Waals surface area contributed by atoms with Gasteiger partial charge in [0, 0.05) is 19.2 Å². The van der Waals surface area contributed by atoms with E-state index < -0.39 is 5.97 Å². The molecule has 0 saturated carbocycles. The van der Waals surface area contributed by atoms with Crippen LogP contribution in [0.1, 0.15) is 13.8 Å². The molecule has 0 aliphatic rings. The number of rotatable bonds is 5. The second-order valence-corrected chi connectivity index (χ2v) is 2.89. The Morgan fingerprint density at radius 3 is 2.50 bits per heavy atom. The molecule has 0 aromatic carbocycles. The maximum Gasteiger partial charge on any atom is 0.328 e. The van der Waals surface area contributed by atoms with E-state index in [2.05, 4.69) is 11.9 Å². The summed E-state index contributed by atoms with van der Waals surface area (Å²) in [6.45, 7) is 8.74. The zero-order valence-corrected chi connectivity index (χ0v) is 7.55. The average molecular weight is 169 g/mol. The lowest BCUT2D eigenvalue weighted by molar-refractivity contribution is -0.131. The van der Waals surface area contributed by atoms with Gasteiger partial charge in [0.15, 0.2) is 0 Å². The van der Waals surface area contributed by atoms with E-state index in [0.29, 0.717) is 6.54 Å². The lowest BCUT2D eigenvalue weighted by atomic mass is 10.2. The minimum absolute atomic E-state index is 0.596. The van der Waals surface area contributed by atoms with Crippen molar-refractivity contribution >= 4 is 5.97 Å². The van der Waals surface area contributed by atoms with Gasteiger partial charge in [0.2, 0.25) is 0 Å². The first-order chi connectivity index (χ1) is 5.52. The lowest BCUT2D eigenvalue weighted by Crippen LogP contribution is -2.18. The number of carboxylic acid groups (broad SMARTS) is 1. The van der Waals surface area contributed by atoms with Crippen LogP contribution in [-0.2, 0) is 4.79 Å². The maximum atomic E-state index is 10.2. The van der Waals surface area contributed by atoms with E-state index in [9.17, 15) is 4.79 Å². The van der Waals surface area contributed by atoms with Gasteiger partial charge in [-0.05, 0) is 13.8 Å². The third-order valence-electron chi connectivity index (χ3n) is 1.20. The molecule has 3 nitrogen and oxygen atoms in total. The van der Waals surface area contributed by atoms with E-state index in [4.69, 9.17) is 5.11 Å². The van der Waals surface area contributed by atoms with E-state index in [1.165, 1.54) is 6.08 Å². The van der Waals surface area contributed by atoms with Crippen molar-refractivity contribution < 1.29 is 9.90 Å². The number of carboxylic acids is 1. The normalized spacial score (nSPS) is 11.3. The molecule has 0 unspecified atom stereocenters. The lowest BCUT2D eigenvalue weighted by Gasteiger charge is -2.02. The van der Waals surface area contributed by atoms with Gasteiger partial charge in [-0.2, -0.15) is 0 Å². The van der Waals surface area contributed by atoms with Gasteiger partial charge in [-0.3, -0.25) is 0 Å². The highest BCUT2D eigenvalue weighted by Gasteiger charge is 1.93. The Morgan fingerprint density at radius 1 is 1.50 bits per heavy atom. The zero-order valence-electron chi connectivity index (χ0n) is 7.55. The van der Waals surface area contributed by atoms with E-state index in [0.717, 1.165) is 17.7 Å². The standard InChI is InChI=1S/C9H15NO2/c1-7(2)5-10-6-8(3)4-9(11)12/h4,10H,1,5-6H2,2-3H3,(H,11,12). The molecule has 0 aromatic heterocycles. The topological polar surface area (TPSA) is 49.3 Å². The van der Waals surface area contributed by atoms with Gasteiger partial charge in [0.25, 0.3) is 0 Å². The summed E-state index contributed by atoms with van der Waals surface area (Å²) in [7, 11) is 0. The van der Waals surface area contributed by atoms with Crippen molar-refractivity contribution in [2.45, 2.75) is 13.8 Å². The molecule has 0 saturated heterocycles. The Morgan fingerprint density at radius 2 is 2.08 bits per heavy atom. The van der Waals surface area contributed by atoms with Crippen LogP contribution < -0.4 is 5.32 Å². The average Bonchev–Trinajstić information content (AvgIpc) is 1.84. The van der Waals surface area contributed by atoms with E-state index in [1.807, 2.05) is 6.92 Å². The molecule has 3 heteroatoms. The summed E-state index contributed by atoms with van der Waals surface area (Å²) in [6, 6.07) is 0. The van der Waals surface area contributed by atoms with Crippen LogP contribution in [0.15, 0.2) is 23.8 Å². The van der Waals surface area contributed by atoms with Crippen molar-refractivity contribution in [1.82, 2.24) is 5.32 Å². The van der Waals surface area contributed by atoms with Gasteiger partial charge in [0.1, 0.15) is 0 Å². The van der Waals surface area contributed by atoms with Crippen molar-refractivity contribution in [1.29, 1.82) is 0 Å². The molecule has 68 valence electrons. The van der Waals surface area contributed by atoms with Crippen LogP contribution in [0.5, 0.6) is 0 Å². The molecular weight excluding hydrogens is 154 g/mol. The highest BCUT2D eigenvalue weighted by molar-refractivity contribution is 5.80. The third-order valence-corrected chi connectivity index (χ3v) is 1.20. The van der Waals surface area contributed by atoms with Crippen molar-refractivity contribution in [2.75, 3.05) is 13.1 Å². The molecular formula is C9H15NO2. The smallest absolute Gasteiger partial charge is 0.328 e. The van der Waals surface area contributed by atoms with Crippen molar-refractivity contribution in [3.05, 3.63) is 23.8 Å². The van der Waals surface area contributed by atoms with Crippen molar-refractivity contribution in [3.63, 3.8) is 0 Å². The molecule has 0 aromatic rings. The summed E-state index contributed by atoms with van der Waals surface area (Å²) < 4.78 is 0. The maximum absolute atomic E-state index is 10.2. The van der Waals surface area contributed by atoms with Gasteiger partial charge in [-0.25, -0.2) is 4.79 Å². The first kappa shape index (κ1) is 10.9. The minimum Gasteiger partial charge on any atom is -0.478 e.